The van der Waals surface area contributed by atoms with Gasteiger partial charge in [-0.15, -0.1) is 0 Å². The molecule has 6 heteroatoms. The zero-order valence-electron chi connectivity index (χ0n) is 66.5. The van der Waals surface area contributed by atoms with E-state index in [4.69, 9.17) is 15.0 Å². The largest absolute Gasteiger partial charge is 0.354 e. The van der Waals surface area contributed by atoms with Gasteiger partial charge in [-0.25, -0.2) is 9.97 Å². The summed E-state index contributed by atoms with van der Waals surface area (Å²) in [5.74, 6) is 0. The average molecular weight is 1570 g/mol. The highest BCUT2D eigenvalue weighted by Crippen LogP contribution is 3.03. The molecule has 2 N–H and O–H groups in total. The quantitative estimate of drug-likeness (QED) is 0.0947. The number of hydrogen-bond acceptors (Lipinski definition) is 4. The van der Waals surface area contributed by atoms with Crippen molar-refractivity contribution in [1.29, 1.82) is 0 Å². The second kappa shape index (κ2) is 15.5. The summed E-state index contributed by atoms with van der Waals surface area (Å²) in [5.41, 5.74) is 32.4. The van der Waals surface area contributed by atoms with Crippen LogP contribution in [0.15, 0.2) is 169 Å². The zero-order valence-corrected chi connectivity index (χ0v) is 66.5. The Balaban J connectivity index is 0.631. The number of nitrogens with zero attached hydrogens (tertiary/aromatic N) is 3. The number of aliphatic imine (C=N–C) groups is 1. The van der Waals surface area contributed by atoms with E-state index in [2.05, 4.69) is 204 Å². The third-order valence-electron chi connectivity index (χ3n) is 39.5. The van der Waals surface area contributed by atoms with Crippen LogP contribution in [0.2, 0.25) is 0 Å². The van der Waals surface area contributed by atoms with Gasteiger partial charge in [-0.1, -0.05) is 127 Å². The number of rotatable bonds is 7. The van der Waals surface area contributed by atoms with Crippen LogP contribution in [0.1, 0.15) is 104 Å². The summed E-state index contributed by atoms with van der Waals surface area (Å²) >= 11 is 0. The predicted octanol–water partition coefficient (Wildman–Crippen LogP) is 29.4. The van der Waals surface area contributed by atoms with Crippen molar-refractivity contribution in [1.82, 2.24) is 19.9 Å². The molecule has 14 aliphatic carbocycles. The highest BCUT2D eigenvalue weighted by atomic mass is 16.1. The van der Waals surface area contributed by atoms with Gasteiger partial charge in [-0.05, 0) is 436 Å². The molecule has 0 amide bonds. The number of aromatic amines is 2. The molecule has 2 fully saturated rings. The normalized spacial score (nSPS) is 23.8. The Morgan fingerprint density at radius 3 is 0.770 bits per heavy atom. The minimum Gasteiger partial charge on any atom is -0.354 e. The van der Waals surface area contributed by atoms with Crippen LogP contribution in [0.5, 0.6) is 0 Å². The molecule has 558 valence electrons. The average Bonchev–Trinajstić information content (AvgIpc) is 1.34. The molecule has 20 bridgehead atoms. The van der Waals surface area contributed by atoms with Crippen LogP contribution >= 0.6 is 0 Å². The molecule has 3 aromatic heterocycles. The van der Waals surface area contributed by atoms with E-state index >= 15 is 4.79 Å². The summed E-state index contributed by atoms with van der Waals surface area (Å²) < 4.78 is 0. The molecule has 2 aliphatic heterocycles. The summed E-state index contributed by atoms with van der Waals surface area (Å²) in [6.07, 6.45) is 19.0. The van der Waals surface area contributed by atoms with E-state index in [1.165, 1.54) is 11.1 Å². The van der Waals surface area contributed by atoms with Gasteiger partial charge in [0.15, 0.2) is 0 Å². The molecular formula is C120H47N5O. The number of hydrogen-bond donors (Lipinski definition) is 2. The summed E-state index contributed by atoms with van der Waals surface area (Å²) in [4.78, 5) is 43.0. The molecule has 3 atom stereocenters. The van der Waals surface area contributed by atoms with Gasteiger partial charge < -0.3 is 14.8 Å². The van der Waals surface area contributed by atoms with Crippen LogP contribution in [-0.4, -0.2) is 32.4 Å². The first kappa shape index (κ1) is 56.4. The van der Waals surface area contributed by atoms with Crippen LogP contribution < -0.4 is 0 Å². The van der Waals surface area contributed by atoms with Gasteiger partial charge in [0.05, 0.1) is 44.7 Å². The first-order chi connectivity index (χ1) is 62.6. The maximum Gasteiger partial charge on any atom is 0.128 e. The van der Waals surface area contributed by atoms with Crippen molar-refractivity contribution in [3.8, 4) is 55.6 Å². The van der Waals surface area contributed by atoms with Crippen LogP contribution in [0, 0.1) is 10.8 Å². The van der Waals surface area contributed by atoms with E-state index < -0.39 is 32.5 Å². The summed E-state index contributed by atoms with van der Waals surface area (Å²) in [6.45, 7) is 0. The monoisotopic (exact) mass is 1570 g/mol. The summed E-state index contributed by atoms with van der Waals surface area (Å²) in [7, 11) is 0. The third kappa shape index (κ3) is 4.12. The van der Waals surface area contributed by atoms with Gasteiger partial charge in [0.1, 0.15) is 6.29 Å². The molecule has 4 spiro atoms. The van der Waals surface area contributed by atoms with Gasteiger partial charge in [0.2, 0.25) is 0 Å². The van der Waals surface area contributed by atoms with Gasteiger partial charge in [0.25, 0.3) is 0 Å². The number of aryl methyl sites for hydroxylation is 2. The van der Waals surface area contributed by atoms with E-state index in [-0.39, 0.29) is 0 Å². The van der Waals surface area contributed by atoms with Crippen molar-refractivity contribution >= 4 is 312 Å². The molecular weight excluding hydrogens is 1530 g/mol. The first-order valence-corrected chi connectivity index (χ1v) is 46.1. The maximum atomic E-state index is 17.0. The molecule has 5 heterocycles. The van der Waals surface area contributed by atoms with E-state index in [9.17, 15) is 0 Å². The van der Waals surface area contributed by atoms with Crippen molar-refractivity contribution in [2.45, 2.75) is 60.2 Å². The number of carbonyl (C=O) groups excluding carboxylic acids is 1. The standard InChI is InChI=1S/C120H47N5O/c126-39-116-37-11-13-41-22-20-40(21-23-41)12-10-36-115(38-121-46-26-24-45(25-27-46)58-53-34-32-51(124-53)56(43-16-6-2-7-17-43)49-30-28-47(122-49)55(42-14-4-1-5-15-42)48-29-31-50(123-48)57(44-18-8-3-9-19-44)52-33-35-54(58)125-52)117-107-93-87-76-68-61-59-60-62-67(61)80(87)88-77-69(62)66-71-64(60)73-72-63(59)70-65(68)74-81-89-78(70)83(72)95-96-84(73)79(71)90-82-75(66)86(77)98-102-92(82)104-100(90)110(96)119(116)109(95)99(89)103-91(81)101(97(107)85(74)76)111(117)105-106(114(104)120(116,119)113(103)105)112(102)118(115,117)108(98)94(88)93/h1-9,14-35,38-39,122,125H,10-13,36-37H2. The van der Waals surface area contributed by atoms with Crippen LogP contribution in [0.3, 0.4) is 0 Å². The van der Waals surface area contributed by atoms with E-state index in [0.717, 1.165) is 134 Å². The number of carbonyl (C=O) groups is 1. The Morgan fingerprint density at radius 1 is 0.246 bits per heavy atom. The molecule has 29 aromatic carbocycles. The lowest BCUT2D eigenvalue weighted by Crippen LogP contribution is -2.28. The number of H-pyrrole nitrogens is 2. The highest BCUT2D eigenvalue weighted by Gasteiger charge is 2.99. The van der Waals surface area contributed by atoms with Gasteiger partial charge in [-0.2, -0.15) is 0 Å². The SMILES string of the molecule is O=CC12CCCc3ccc(cc3)CCCC3(C=Nc4ccc(-c5c6nc(c(-c7ccccc7)c7ccc([nH]7)c(-c7ccccc7)c7nc(c(-c8ccccc8)c8ccc5[nH]8)C=C7)C=C6)cc4)C45c6c7c8c9c%10c%11c%12c%13c%14c%15c%16c(c-7c7c%17c%18c(c%19c%20c4c4c6c9c6c%10c9c%12c%10c%12c%13c%13c%15c(c%16%17)c%15c%18c%16c%19c%17c%20c%18c4c6c4c9c%10c6c(c%184)c%17c4c%16c%15c%13c%12c46)C735)C81C%11%142. The van der Waals surface area contributed by atoms with E-state index in [1.54, 1.807) is 310 Å². The predicted molar refractivity (Wildman–Crippen MR) is 518 cm³/mol. The van der Waals surface area contributed by atoms with Crippen molar-refractivity contribution in [2.24, 2.45) is 15.8 Å². The van der Waals surface area contributed by atoms with Gasteiger partial charge in [-0.3, -0.25) is 4.99 Å². The topological polar surface area (TPSA) is 86.8 Å². The van der Waals surface area contributed by atoms with Crippen molar-refractivity contribution < 1.29 is 4.79 Å². The number of aldehydes is 1. The maximum absolute atomic E-state index is 17.0. The lowest BCUT2D eigenvalue weighted by molar-refractivity contribution is -0.113. The lowest BCUT2D eigenvalue weighted by atomic mass is 9.66. The Hall–Kier alpha value is -15.2. The smallest absolute Gasteiger partial charge is 0.128 e. The Morgan fingerprint density at radius 2 is 0.484 bits per heavy atom. The van der Waals surface area contributed by atoms with E-state index in [0.29, 0.717) is 0 Å². The van der Waals surface area contributed by atoms with E-state index in [1.807, 2.05) is 0 Å². The number of nitrogens with one attached hydrogen (secondary N) is 2. The summed E-state index contributed by atoms with van der Waals surface area (Å²) in [6, 6.07) is 60.7. The molecule has 2 saturated carbocycles. The molecule has 0 radical (unpaired) electrons. The molecule has 48 rings (SSSR count). The van der Waals surface area contributed by atoms with Crippen LogP contribution in [0.25, 0.3) is 350 Å². The number of fused-ring (bicyclic) bond motifs is 8. The Kier molecular flexibility index (Phi) is 6.93. The highest BCUT2D eigenvalue weighted by molar-refractivity contribution is 6.79. The fraction of sp³-hybridized carbons (Fsp3) is 0.100. The minimum absolute atomic E-state index is 0.537. The summed E-state index contributed by atoms with van der Waals surface area (Å²) in [5, 5.41) is 73.4. The fourth-order valence-corrected chi connectivity index (χ4v) is 37.5. The van der Waals surface area contributed by atoms with Crippen LogP contribution in [-0.2, 0) is 39.3 Å². The first-order valence-electron chi connectivity index (χ1n) is 46.1. The Labute approximate surface area is 705 Å². The zero-order chi connectivity index (χ0) is 78.4. The van der Waals surface area contributed by atoms with Crippen molar-refractivity contribution in [3.63, 3.8) is 0 Å². The second-order valence-corrected chi connectivity index (χ2v) is 42.0. The van der Waals surface area contributed by atoms with Crippen molar-refractivity contribution in [2.75, 3.05) is 0 Å². The second-order valence-electron chi connectivity index (χ2n) is 42.0. The number of benzene rings is 21. The van der Waals surface area contributed by atoms with Crippen LogP contribution in [0.4, 0.5) is 5.69 Å². The minimum atomic E-state index is -0.737. The molecule has 3 unspecified atom stereocenters. The molecule has 0 saturated heterocycles. The number of aromatic nitrogens is 4. The molecule has 32 aromatic rings. The molecule has 126 heavy (non-hydrogen) atoms. The van der Waals surface area contributed by atoms with Gasteiger partial charge in [0, 0.05) is 66.8 Å². The third-order valence-corrected chi connectivity index (χ3v) is 39.5. The lowest BCUT2D eigenvalue weighted by Gasteiger charge is -2.34. The molecule has 16 aliphatic rings. The fourth-order valence-electron chi connectivity index (χ4n) is 37.5. The molecule has 6 nitrogen and oxygen atoms in total. The van der Waals surface area contributed by atoms with Gasteiger partial charge >= 0.3 is 0 Å². The Bertz CT molecular complexity index is 11100. The van der Waals surface area contributed by atoms with Crippen molar-refractivity contribution in [3.05, 3.63) is 242 Å².